The number of hydrogen-bond donors (Lipinski definition) is 0. The second-order valence-corrected chi connectivity index (χ2v) is 7.40. The summed E-state index contributed by atoms with van der Waals surface area (Å²) in [4.78, 5) is 4.53. The Morgan fingerprint density at radius 2 is 1.85 bits per heavy atom. The molecule has 0 N–H and O–H groups in total. The first-order valence-corrected chi connectivity index (χ1v) is 9.10. The Bertz CT molecular complexity index is 1200. The number of imidazole rings is 1. The lowest BCUT2D eigenvalue weighted by atomic mass is 9.95. The van der Waals surface area contributed by atoms with Gasteiger partial charge in [-0.15, -0.1) is 0 Å². The molecule has 4 aromatic rings. The van der Waals surface area contributed by atoms with Crippen molar-refractivity contribution in [1.82, 2.24) is 9.55 Å². The van der Waals surface area contributed by atoms with Crippen LogP contribution in [-0.2, 0) is 13.5 Å². The van der Waals surface area contributed by atoms with E-state index >= 15 is 0 Å². The maximum absolute atomic E-state index is 4.53. The molecule has 128 valence electrons. The predicted octanol–water partition coefficient (Wildman–Crippen LogP) is 4.35. The molecule has 0 bridgehead atoms. The van der Waals surface area contributed by atoms with Crippen LogP contribution in [0.15, 0.2) is 48.8 Å². The van der Waals surface area contributed by atoms with Gasteiger partial charge < -0.3 is 4.57 Å². The van der Waals surface area contributed by atoms with Gasteiger partial charge in [-0.1, -0.05) is 24.3 Å². The highest BCUT2D eigenvalue weighted by Gasteiger charge is 2.28. The zero-order valence-electron chi connectivity index (χ0n) is 15.7. The van der Waals surface area contributed by atoms with Crippen LogP contribution in [0.5, 0.6) is 0 Å². The average molecular weight is 340 g/mol. The summed E-state index contributed by atoms with van der Waals surface area (Å²) in [6, 6.07) is 13.4. The first kappa shape index (κ1) is 15.3. The van der Waals surface area contributed by atoms with Gasteiger partial charge in [0, 0.05) is 30.9 Å². The summed E-state index contributed by atoms with van der Waals surface area (Å²) in [5, 5.41) is 1.35. The molecule has 5 rings (SSSR count). The smallest absolute Gasteiger partial charge is 0.215 e. The summed E-state index contributed by atoms with van der Waals surface area (Å²) in [5.74, 6) is 1.13. The van der Waals surface area contributed by atoms with Crippen molar-refractivity contribution in [3.8, 4) is 16.9 Å². The predicted molar refractivity (Wildman–Crippen MR) is 105 cm³/mol. The molecule has 0 unspecified atom stereocenters. The molecule has 3 heterocycles. The van der Waals surface area contributed by atoms with Crippen LogP contribution < -0.4 is 4.57 Å². The van der Waals surface area contributed by atoms with Crippen LogP contribution in [0.1, 0.15) is 28.1 Å². The van der Waals surface area contributed by atoms with Gasteiger partial charge >= 0.3 is 0 Å². The standard InChI is InChI=1S/C23H22N3/c1-14-6-5-7-18-21(14)16(3)12-19(25(18)4)22-15(2)8-9-17-13-20-24-10-11-26(20)23(17)22/h5-12H,13H2,1-4H3/q+1. The van der Waals surface area contributed by atoms with E-state index < -0.39 is 0 Å². The minimum atomic E-state index is 0.908. The van der Waals surface area contributed by atoms with E-state index in [1.165, 1.54) is 50.1 Å². The van der Waals surface area contributed by atoms with Crippen LogP contribution in [0.2, 0.25) is 0 Å². The molecule has 2 aromatic heterocycles. The van der Waals surface area contributed by atoms with Crippen LogP contribution >= 0.6 is 0 Å². The fraction of sp³-hybridized carbons (Fsp3) is 0.217. The molecule has 0 atom stereocenters. The topological polar surface area (TPSA) is 21.7 Å². The van der Waals surface area contributed by atoms with Crippen molar-refractivity contribution >= 4 is 10.9 Å². The van der Waals surface area contributed by atoms with E-state index in [0.29, 0.717) is 0 Å². The van der Waals surface area contributed by atoms with E-state index in [0.717, 1.165) is 12.2 Å². The van der Waals surface area contributed by atoms with Gasteiger partial charge in [-0.2, -0.15) is 4.57 Å². The van der Waals surface area contributed by atoms with Crippen molar-refractivity contribution in [2.45, 2.75) is 27.2 Å². The lowest BCUT2D eigenvalue weighted by molar-refractivity contribution is -0.633. The number of pyridine rings is 1. The Labute approximate surface area is 153 Å². The van der Waals surface area contributed by atoms with Crippen LogP contribution in [0.25, 0.3) is 27.8 Å². The van der Waals surface area contributed by atoms with E-state index in [9.17, 15) is 0 Å². The van der Waals surface area contributed by atoms with E-state index in [-0.39, 0.29) is 0 Å². The number of nitrogens with zero attached hydrogens (tertiary/aromatic N) is 3. The van der Waals surface area contributed by atoms with E-state index in [2.05, 4.69) is 84.5 Å². The van der Waals surface area contributed by atoms with Crippen LogP contribution in [0, 0.1) is 20.8 Å². The van der Waals surface area contributed by atoms with Gasteiger partial charge in [0.15, 0.2) is 0 Å². The van der Waals surface area contributed by atoms with Crippen molar-refractivity contribution in [3.05, 3.63) is 76.9 Å². The Morgan fingerprint density at radius 3 is 2.69 bits per heavy atom. The highest BCUT2D eigenvalue weighted by Crippen LogP contribution is 2.38. The summed E-state index contributed by atoms with van der Waals surface area (Å²) in [5.41, 5.74) is 10.5. The lowest BCUT2D eigenvalue weighted by Gasteiger charge is -2.14. The second-order valence-electron chi connectivity index (χ2n) is 7.40. The number of hydrogen-bond acceptors (Lipinski definition) is 1. The minimum absolute atomic E-state index is 0.908. The number of fused-ring (bicyclic) bond motifs is 4. The highest BCUT2D eigenvalue weighted by molar-refractivity contribution is 5.86. The SMILES string of the molecule is Cc1ccc2c(c1-c1cc(C)c3c(C)cccc3[n+]1C)-n1ccnc1C2. The molecular weight excluding hydrogens is 318 g/mol. The second kappa shape index (κ2) is 5.28. The van der Waals surface area contributed by atoms with Crippen LogP contribution in [0.4, 0.5) is 0 Å². The molecule has 0 saturated heterocycles. The van der Waals surface area contributed by atoms with Gasteiger partial charge in [-0.25, -0.2) is 4.98 Å². The Balaban J connectivity index is 1.90. The third-order valence-electron chi connectivity index (χ3n) is 5.75. The average Bonchev–Trinajstić information content (AvgIpc) is 3.19. The molecular formula is C23H22N3+. The van der Waals surface area contributed by atoms with Gasteiger partial charge in [0.05, 0.1) is 16.6 Å². The maximum Gasteiger partial charge on any atom is 0.215 e. The highest BCUT2D eigenvalue weighted by atomic mass is 15.1. The molecule has 3 heteroatoms. The quantitative estimate of drug-likeness (QED) is 0.416. The molecule has 0 radical (unpaired) electrons. The summed E-state index contributed by atoms with van der Waals surface area (Å²) < 4.78 is 4.60. The molecule has 1 aliphatic rings. The zero-order valence-corrected chi connectivity index (χ0v) is 15.7. The third-order valence-corrected chi connectivity index (χ3v) is 5.75. The molecule has 2 aromatic carbocycles. The van der Waals surface area contributed by atoms with Crippen LogP contribution in [0.3, 0.4) is 0 Å². The van der Waals surface area contributed by atoms with E-state index in [4.69, 9.17) is 0 Å². The molecule has 0 saturated carbocycles. The molecule has 26 heavy (non-hydrogen) atoms. The van der Waals surface area contributed by atoms with Crippen molar-refractivity contribution in [2.24, 2.45) is 7.05 Å². The lowest BCUT2D eigenvalue weighted by Crippen LogP contribution is -2.33. The third kappa shape index (κ3) is 1.94. The largest absolute Gasteiger partial charge is 0.302 e. The molecule has 1 aliphatic heterocycles. The van der Waals surface area contributed by atoms with Gasteiger partial charge in [0.25, 0.3) is 0 Å². The molecule has 0 fully saturated rings. The number of rotatable bonds is 1. The van der Waals surface area contributed by atoms with Gasteiger partial charge in [0.2, 0.25) is 11.2 Å². The Kier molecular flexibility index (Phi) is 3.11. The summed E-state index contributed by atoms with van der Waals surface area (Å²) in [6.45, 7) is 6.62. The summed E-state index contributed by atoms with van der Waals surface area (Å²) in [7, 11) is 2.18. The van der Waals surface area contributed by atoms with E-state index in [1.807, 2.05) is 6.20 Å². The fourth-order valence-corrected chi connectivity index (χ4v) is 4.50. The Morgan fingerprint density at radius 1 is 1.00 bits per heavy atom. The molecule has 0 aliphatic carbocycles. The zero-order chi connectivity index (χ0) is 18.0. The fourth-order valence-electron chi connectivity index (χ4n) is 4.50. The summed E-state index contributed by atoms with van der Waals surface area (Å²) >= 11 is 0. The first-order valence-electron chi connectivity index (χ1n) is 9.10. The van der Waals surface area contributed by atoms with Gasteiger partial charge in [-0.05, 0) is 43.0 Å². The normalized spacial score (nSPS) is 12.5. The first-order chi connectivity index (χ1) is 12.6. The molecule has 3 nitrogen and oxygen atoms in total. The van der Waals surface area contributed by atoms with E-state index in [1.54, 1.807) is 0 Å². The minimum Gasteiger partial charge on any atom is -0.302 e. The van der Waals surface area contributed by atoms with Gasteiger partial charge in [0.1, 0.15) is 12.9 Å². The number of benzene rings is 2. The van der Waals surface area contributed by atoms with Crippen LogP contribution in [-0.4, -0.2) is 9.55 Å². The summed E-state index contributed by atoms with van der Waals surface area (Å²) in [6.07, 6.45) is 4.90. The monoisotopic (exact) mass is 340 g/mol. The number of aryl methyl sites for hydroxylation is 4. The number of aromatic nitrogens is 3. The van der Waals surface area contributed by atoms with Crippen molar-refractivity contribution in [2.75, 3.05) is 0 Å². The Hall–Kier alpha value is -2.94. The van der Waals surface area contributed by atoms with Crippen molar-refractivity contribution in [1.29, 1.82) is 0 Å². The molecule has 0 amide bonds. The maximum atomic E-state index is 4.53. The van der Waals surface area contributed by atoms with Gasteiger partial charge in [-0.3, -0.25) is 0 Å². The molecule has 0 spiro atoms. The van der Waals surface area contributed by atoms with Crippen molar-refractivity contribution in [3.63, 3.8) is 0 Å². The van der Waals surface area contributed by atoms with Crippen molar-refractivity contribution < 1.29 is 4.57 Å².